The van der Waals surface area contributed by atoms with E-state index in [1.54, 1.807) is 24.3 Å². The second kappa shape index (κ2) is 6.42. The summed E-state index contributed by atoms with van der Waals surface area (Å²) in [7, 11) is 0. The monoisotopic (exact) mass is 271 g/mol. The van der Waals surface area contributed by atoms with Crippen molar-refractivity contribution in [2.45, 2.75) is 19.4 Å². The van der Waals surface area contributed by atoms with Gasteiger partial charge in [-0.2, -0.15) is 0 Å². The van der Waals surface area contributed by atoms with Gasteiger partial charge in [0.1, 0.15) is 0 Å². The third-order valence-electron chi connectivity index (χ3n) is 2.14. The van der Waals surface area contributed by atoms with Crippen LogP contribution in [0.15, 0.2) is 24.3 Å². The quantitative estimate of drug-likeness (QED) is 0.737. The molecule has 0 heterocycles. The summed E-state index contributed by atoms with van der Waals surface area (Å²) in [4.78, 5) is 11.9. The van der Waals surface area contributed by atoms with E-state index in [9.17, 15) is 4.79 Å². The number of nitrogens with two attached hydrogens (primary N) is 1. The van der Waals surface area contributed by atoms with Gasteiger partial charge in [0.05, 0.1) is 11.0 Å². The number of carbonyl (C=O) groups excluding carboxylic acids is 1. The van der Waals surface area contributed by atoms with Crippen molar-refractivity contribution in [1.82, 2.24) is 5.32 Å². The minimum atomic E-state index is -0.355. The Bertz CT molecular complexity index is 425. The second-order valence-corrected chi connectivity index (χ2v) is 4.38. The van der Waals surface area contributed by atoms with Gasteiger partial charge < -0.3 is 16.4 Å². The first-order valence-corrected chi connectivity index (χ1v) is 5.94. The number of hydrogen-bond acceptors (Lipinski definition) is 2. The molecule has 0 saturated carbocycles. The summed E-state index contributed by atoms with van der Waals surface area (Å²) in [5.41, 5.74) is 6.10. The summed E-state index contributed by atoms with van der Waals surface area (Å²) in [6, 6.07) is 6.23. The average Bonchev–Trinajstić information content (AvgIpc) is 2.25. The second-order valence-electron chi connectivity index (χ2n) is 3.47. The topological polar surface area (TPSA) is 67.2 Å². The predicted molar refractivity (Wildman–Crippen MR) is 74.5 cm³/mol. The molecule has 92 valence electrons. The number of carbonyl (C=O) groups is 1. The van der Waals surface area contributed by atoms with E-state index in [1.165, 1.54) is 0 Å². The van der Waals surface area contributed by atoms with Crippen molar-refractivity contribution < 1.29 is 4.79 Å². The molecule has 1 aromatic carbocycles. The van der Waals surface area contributed by atoms with Crippen molar-refractivity contribution in [2.24, 2.45) is 5.73 Å². The van der Waals surface area contributed by atoms with E-state index < -0.39 is 0 Å². The Kier molecular flexibility index (Phi) is 5.18. The minimum absolute atomic E-state index is 0.272. The van der Waals surface area contributed by atoms with E-state index in [2.05, 4.69) is 10.6 Å². The number of hydrogen-bond donors (Lipinski definition) is 3. The Labute approximate surface area is 111 Å². The van der Waals surface area contributed by atoms with Crippen LogP contribution in [0.25, 0.3) is 0 Å². The number of rotatable bonds is 4. The Hall–Kier alpha value is -1.33. The lowest BCUT2D eigenvalue weighted by molar-refractivity contribution is 0.250. The lowest BCUT2D eigenvalue weighted by atomic mass is 10.2. The van der Waals surface area contributed by atoms with Gasteiger partial charge in [-0.15, -0.1) is 0 Å². The predicted octanol–water partition coefficient (Wildman–Crippen LogP) is 2.53. The SMILES string of the molecule is CCC(NC(=O)Nc1cccc(Cl)c1)C(N)=S. The van der Waals surface area contributed by atoms with Gasteiger partial charge in [0.25, 0.3) is 0 Å². The number of nitrogens with one attached hydrogen (secondary N) is 2. The Balaban J connectivity index is 2.58. The highest BCUT2D eigenvalue weighted by molar-refractivity contribution is 7.80. The van der Waals surface area contributed by atoms with Crippen LogP contribution in [0.1, 0.15) is 13.3 Å². The average molecular weight is 272 g/mol. The van der Waals surface area contributed by atoms with Crippen molar-refractivity contribution in [2.75, 3.05) is 5.32 Å². The molecule has 0 radical (unpaired) electrons. The first kappa shape index (κ1) is 13.7. The fourth-order valence-electron chi connectivity index (χ4n) is 1.27. The first-order valence-electron chi connectivity index (χ1n) is 5.15. The Morgan fingerprint density at radius 3 is 2.82 bits per heavy atom. The van der Waals surface area contributed by atoms with Crippen LogP contribution in [-0.2, 0) is 0 Å². The van der Waals surface area contributed by atoms with Crippen LogP contribution in [0.4, 0.5) is 10.5 Å². The summed E-state index contributed by atoms with van der Waals surface area (Å²) >= 11 is 10.6. The van der Waals surface area contributed by atoms with Crippen LogP contribution >= 0.6 is 23.8 Å². The number of benzene rings is 1. The molecule has 0 fully saturated rings. The largest absolute Gasteiger partial charge is 0.392 e. The number of amides is 2. The normalized spacial score (nSPS) is 11.6. The molecule has 2 amide bonds. The number of halogens is 1. The van der Waals surface area contributed by atoms with Crippen molar-refractivity contribution >= 4 is 40.5 Å². The molecule has 1 aromatic rings. The molecule has 6 heteroatoms. The van der Waals surface area contributed by atoms with E-state index in [0.29, 0.717) is 17.1 Å². The van der Waals surface area contributed by atoms with E-state index in [0.717, 1.165) is 0 Å². The van der Waals surface area contributed by atoms with Crippen LogP contribution in [0, 0.1) is 0 Å². The van der Waals surface area contributed by atoms with Gasteiger partial charge in [-0.25, -0.2) is 4.79 Å². The highest BCUT2D eigenvalue weighted by Gasteiger charge is 2.12. The van der Waals surface area contributed by atoms with Gasteiger partial charge in [0.15, 0.2) is 0 Å². The molecule has 0 aliphatic rings. The molecule has 0 aliphatic carbocycles. The molecular formula is C11H14ClN3OS. The van der Waals surface area contributed by atoms with Gasteiger partial charge in [0.2, 0.25) is 0 Å². The fraction of sp³-hybridized carbons (Fsp3) is 0.273. The van der Waals surface area contributed by atoms with Crippen LogP contribution < -0.4 is 16.4 Å². The first-order chi connectivity index (χ1) is 8.02. The highest BCUT2D eigenvalue weighted by atomic mass is 35.5. The van der Waals surface area contributed by atoms with Gasteiger partial charge in [0, 0.05) is 10.7 Å². The molecule has 4 nitrogen and oxygen atoms in total. The zero-order valence-corrected chi connectivity index (χ0v) is 10.9. The number of anilines is 1. The van der Waals surface area contributed by atoms with Crippen LogP contribution in [0.2, 0.25) is 5.02 Å². The van der Waals surface area contributed by atoms with Crippen molar-refractivity contribution in [3.05, 3.63) is 29.3 Å². The third kappa shape index (κ3) is 4.58. The maximum absolute atomic E-state index is 11.6. The zero-order valence-electron chi connectivity index (χ0n) is 9.37. The molecule has 1 unspecified atom stereocenters. The summed E-state index contributed by atoms with van der Waals surface area (Å²) in [6.45, 7) is 1.89. The maximum Gasteiger partial charge on any atom is 0.319 e. The van der Waals surface area contributed by atoms with Gasteiger partial charge in [-0.1, -0.05) is 36.8 Å². The van der Waals surface area contributed by atoms with Gasteiger partial charge >= 0.3 is 6.03 Å². The third-order valence-corrected chi connectivity index (χ3v) is 2.66. The molecule has 0 spiro atoms. The standard InChI is InChI=1S/C11H14ClN3OS/c1-2-9(10(13)17)15-11(16)14-8-5-3-4-7(12)6-8/h3-6,9H,2H2,1H3,(H2,13,17)(H2,14,15,16). The summed E-state index contributed by atoms with van der Waals surface area (Å²) in [6.07, 6.45) is 0.651. The maximum atomic E-state index is 11.6. The van der Waals surface area contributed by atoms with Gasteiger partial charge in [-0.05, 0) is 24.6 Å². The van der Waals surface area contributed by atoms with Crippen molar-refractivity contribution in [1.29, 1.82) is 0 Å². The summed E-state index contributed by atoms with van der Waals surface area (Å²) in [5.74, 6) is 0. The number of thiocarbonyl (C=S) groups is 1. The van der Waals surface area contributed by atoms with Gasteiger partial charge in [-0.3, -0.25) is 0 Å². The Morgan fingerprint density at radius 1 is 1.59 bits per heavy atom. The molecule has 4 N–H and O–H groups in total. The minimum Gasteiger partial charge on any atom is -0.392 e. The van der Waals surface area contributed by atoms with E-state index in [-0.39, 0.29) is 17.1 Å². The fourth-order valence-corrected chi connectivity index (χ4v) is 1.68. The smallest absolute Gasteiger partial charge is 0.319 e. The molecule has 1 rings (SSSR count). The molecule has 1 atom stereocenters. The molecule has 0 bridgehead atoms. The van der Waals surface area contributed by atoms with Crippen LogP contribution in [0.5, 0.6) is 0 Å². The van der Waals surface area contributed by atoms with E-state index in [4.69, 9.17) is 29.6 Å². The molecule has 0 aromatic heterocycles. The summed E-state index contributed by atoms with van der Waals surface area (Å²) < 4.78 is 0. The van der Waals surface area contributed by atoms with E-state index in [1.807, 2.05) is 6.92 Å². The Morgan fingerprint density at radius 2 is 2.29 bits per heavy atom. The van der Waals surface area contributed by atoms with Crippen LogP contribution in [-0.4, -0.2) is 17.1 Å². The lowest BCUT2D eigenvalue weighted by Gasteiger charge is -2.15. The summed E-state index contributed by atoms with van der Waals surface area (Å²) in [5, 5.41) is 5.89. The lowest BCUT2D eigenvalue weighted by Crippen LogP contribution is -2.44. The van der Waals surface area contributed by atoms with Crippen LogP contribution in [0.3, 0.4) is 0 Å². The molecule has 0 aliphatic heterocycles. The molecule has 17 heavy (non-hydrogen) atoms. The molecular weight excluding hydrogens is 258 g/mol. The zero-order chi connectivity index (χ0) is 12.8. The van der Waals surface area contributed by atoms with Crippen molar-refractivity contribution in [3.63, 3.8) is 0 Å². The number of urea groups is 1. The highest BCUT2D eigenvalue weighted by Crippen LogP contribution is 2.14. The molecule has 0 saturated heterocycles. The van der Waals surface area contributed by atoms with E-state index >= 15 is 0 Å². The van der Waals surface area contributed by atoms with Crippen molar-refractivity contribution in [3.8, 4) is 0 Å².